The first kappa shape index (κ1) is 13.4. The van der Waals surface area contributed by atoms with Gasteiger partial charge in [0.2, 0.25) is 0 Å². The van der Waals surface area contributed by atoms with Gasteiger partial charge in [0.05, 0.1) is 12.3 Å². The summed E-state index contributed by atoms with van der Waals surface area (Å²) in [5, 5.41) is 10.0. The van der Waals surface area contributed by atoms with Crippen LogP contribution in [0, 0.1) is 6.92 Å². The minimum Gasteiger partial charge on any atom is -0.512 e. The van der Waals surface area contributed by atoms with Gasteiger partial charge in [-0.25, -0.2) is 9.79 Å². The molecule has 17 heavy (non-hydrogen) atoms. The highest BCUT2D eigenvalue weighted by atomic mass is 32.1. The van der Waals surface area contributed by atoms with E-state index in [1.54, 1.807) is 13.0 Å². The number of hydrogen-bond acceptors (Lipinski definition) is 6. The summed E-state index contributed by atoms with van der Waals surface area (Å²) >= 11 is 1.22. The second kappa shape index (κ2) is 6.15. The van der Waals surface area contributed by atoms with E-state index in [0.29, 0.717) is 5.00 Å². The minimum atomic E-state index is -0.586. The van der Waals surface area contributed by atoms with Gasteiger partial charge in [0, 0.05) is 6.21 Å². The molecule has 6 heteroatoms. The van der Waals surface area contributed by atoms with Crippen molar-refractivity contribution in [3.63, 3.8) is 0 Å². The van der Waals surface area contributed by atoms with Crippen LogP contribution < -0.4 is 0 Å². The molecule has 0 radical (unpaired) electrons. The Morgan fingerprint density at radius 3 is 2.88 bits per heavy atom. The van der Waals surface area contributed by atoms with Crippen molar-refractivity contribution in [1.82, 2.24) is 4.37 Å². The molecule has 5 nitrogen and oxygen atoms in total. The smallest absolute Gasteiger partial charge is 0.343 e. The summed E-state index contributed by atoms with van der Waals surface area (Å²) in [6.45, 7) is 5.22. The number of aliphatic hydroxyl groups is 1. The summed E-state index contributed by atoms with van der Waals surface area (Å²) in [5.41, 5.74) is 0.919. The predicted molar refractivity (Wildman–Crippen MR) is 67.0 cm³/mol. The maximum Gasteiger partial charge on any atom is 0.343 e. The van der Waals surface area contributed by atoms with Gasteiger partial charge in [0.15, 0.2) is 0 Å². The molecule has 0 amide bonds. The molecule has 0 aliphatic heterocycles. The molecule has 1 aromatic heterocycles. The Morgan fingerprint density at radius 2 is 2.41 bits per heavy atom. The van der Waals surface area contributed by atoms with Crippen LogP contribution in [0.1, 0.15) is 19.5 Å². The fourth-order valence-corrected chi connectivity index (χ4v) is 1.66. The third kappa shape index (κ3) is 3.99. The Balaban J connectivity index is 2.85. The number of aliphatic imine (C=N–C) groups is 1. The van der Waals surface area contributed by atoms with Gasteiger partial charge in [0.1, 0.15) is 16.3 Å². The Hall–Kier alpha value is -1.69. The topological polar surface area (TPSA) is 71.8 Å². The van der Waals surface area contributed by atoms with Crippen LogP contribution in [0.25, 0.3) is 0 Å². The number of carbonyl (C=O) groups is 1. The second-order valence-electron chi connectivity index (χ2n) is 3.28. The summed E-state index contributed by atoms with van der Waals surface area (Å²) in [4.78, 5) is 15.5. The summed E-state index contributed by atoms with van der Waals surface area (Å²) in [7, 11) is 0. The molecule has 0 unspecified atom stereocenters. The summed E-state index contributed by atoms with van der Waals surface area (Å²) in [5.74, 6) is -0.703. The van der Waals surface area contributed by atoms with Crippen molar-refractivity contribution in [3.05, 3.63) is 23.1 Å². The molecular formula is C11H14N2O3S. The first-order valence-electron chi connectivity index (χ1n) is 5.09. The summed E-state index contributed by atoms with van der Waals surface area (Å²) < 4.78 is 8.85. The second-order valence-corrected chi connectivity index (χ2v) is 4.07. The van der Waals surface area contributed by atoms with E-state index in [1.807, 2.05) is 6.92 Å². The normalized spacial score (nSPS) is 12.6. The zero-order valence-corrected chi connectivity index (χ0v) is 10.7. The molecule has 1 N–H and O–H groups in total. The van der Waals surface area contributed by atoms with Crippen LogP contribution >= 0.6 is 11.5 Å². The van der Waals surface area contributed by atoms with Crippen LogP contribution in [-0.2, 0) is 9.53 Å². The number of aryl methyl sites for hydroxylation is 1. The number of ether oxygens (including phenoxy) is 1. The highest BCUT2D eigenvalue weighted by Crippen LogP contribution is 2.19. The molecule has 92 valence electrons. The Kier molecular flexibility index (Phi) is 4.84. The van der Waals surface area contributed by atoms with Crippen LogP contribution in [0.3, 0.4) is 0 Å². The van der Waals surface area contributed by atoms with Gasteiger partial charge in [-0.3, -0.25) is 0 Å². The molecule has 0 aliphatic rings. The molecule has 0 atom stereocenters. The number of aromatic nitrogens is 1. The maximum absolute atomic E-state index is 11.5. The van der Waals surface area contributed by atoms with Gasteiger partial charge in [-0.1, -0.05) is 0 Å². The third-order valence-corrected chi connectivity index (χ3v) is 2.61. The van der Waals surface area contributed by atoms with Crippen LogP contribution in [0.5, 0.6) is 0 Å². The van der Waals surface area contributed by atoms with Gasteiger partial charge in [-0.05, 0) is 38.4 Å². The Morgan fingerprint density at radius 1 is 1.71 bits per heavy atom. The van der Waals surface area contributed by atoms with Crippen molar-refractivity contribution in [2.45, 2.75) is 20.8 Å². The van der Waals surface area contributed by atoms with E-state index in [9.17, 15) is 9.90 Å². The van der Waals surface area contributed by atoms with E-state index in [1.165, 1.54) is 24.7 Å². The number of nitrogens with zero attached hydrogens (tertiary/aromatic N) is 2. The molecule has 0 fully saturated rings. The van der Waals surface area contributed by atoms with Gasteiger partial charge in [-0.15, -0.1) is 0 Å². The molecule has 0 spiro atoms. The van der Waals surface area contributed by atoms with Gasteiger partial charge >= 0.3 is 5.97 Å². The predicted octanol–water partition coefficient (Wildman–Crippen LogP) is 2.55. The molecule has 0 aromatic carbocycles. The molecular weight excluding hydrogens is 240 g/mol. The number of rotatable bonds is 4. The van der Waals surface area contributed by atoms with E-state index >= 15 is 0 Å². The molecule has 1 heterocycles. The number of hydrogen-bond donors (Lipinski definition) is 1. The quantitative estimate of drug-likeness (QED) is 0.388. The number of esters is 1. The van der Waals surface area contributed by atoms with Gasteiger partial charge < -0.3 is 9.84 Å². The average molecular weight is 254 g/mol. The van der Waals surface area contributed by atoms with E-state index < -0.39 is 5.97 Å². The highest BCUT2D eigenvalue weighted by molar-refractivity contribution is 7.09. The van der Waals surface area contributed by atoms with E-state index in [-0.39, 0.29) is 17.9 Å². The van der Waals surface area contributed by atoms with Crippen molar-refractivity contribution >= 4 is 28.7 Å². The molecule has 0 saturated carbocycles. The van der Waals surface area contributed by atoms with Crippen molar-refractivity contribution in [2.75, 3.05) is 6.61 Å². The molecule has 1 aromatic rings. The van der Waals surface area contributed by atoms with Crippen LogP contribution in [-0.4, -0.2) is 28.3 Å². The van der Waals surface area contributed by atoms with Crippen LogP contribution in [0.4, 0.5) is 5.00 Å². The van der Waals surface area contributed by atoms with E-state index in [0.717, 1.165) is 5.69 Å². The van der Waals surface area contributed by atoms with Crippen molar-refractivity contribution in [2.24, 2.45) is 4.99 Å². The maximum atomic E-state index is 11.5. The first-order chi connectivity index (χ1) is 8.04. The number of carbonyl (C=O) groups excluding carboxylic acids is 1. The van der Waals surface area contributed by atoms with Crippen molar-refractivity contribution in [1.29, 1.82) is 0 Å². The lowest BCUT2D eigenvalue weighted by molar-refractivity contribution is -0.138. The average Bonchev–Trinajstić information content (AvgIpc) is 2.64. The summed E-state index contributed by atoms with van der Waals surface area (Å²) in [6.07, 6.45) is 1.29. The van der Waals surface area contributed by atoms with Gasteiger partial charge in [0.25, 0.3) is 0 Å². The number of aliphatic hydroxyl groups excluding tert-OH is 1. The lowest BCUT2D eigenvalue weighted by Crippen LogP contribution is -2.10. The van der Waals surface area contributed by atoms with E-state index in [4.69, 9.17) is 4.74 Å². The number of allylic oxidation sites excluding steroid dienone is 1. The van der Waals surface area contributed by atoms with Crippen LogP contribution in [0.15, 0.2) is 22.4 Å². The Bertz CT molecular complexity index is 459. The zero-order chi connectivity index (χ0) is 12.8. The van der Waals surface area contributed by atoms with Crippen molar-refractivity contribution < 1.29 is 14.6 Å². The summed E-state index contributed by atoms with van der Waals surface area (Å²) in [6, 6.07) is 1.79. The fraction of sp³-hybridized carbons (Fsp3) is 0.364. The monoisotopic (exact) mass is 254 g/mol. The molecule has 0 saturated heterocycles. The highest BCUT2D eigenvalue weighted by Gasteiger charge is 2.11. The van der Waals surface area contributed by atoms with Crippen molar-refractivity contribution in [3.8, 4) is 0 Å². The fourth-order valence-electron chi connectivity index (χ4n) is 1.04. The van der Waals surface area contributed by atoms with Crippen LogP contribution in [0.2, 0.25) is 0 Å². The minimum absolute atomic E-state index is 0.0536. The lowest BCUT2D eigenvalue weighted by Gasteiger charge is -2.02. The standard InChI is InChI=1S/C11H14N2O3S/c1-4-16-11(15)9(8(3)14)6-12-10-5-7(2)13-17-10/h5-6,14H,4H2,1-3H3. The first-order valence-corrected chi connectivity index (χ1v) is 5.86. The largest absolute Gasteiger partial charge is 0.512 e. The molecule has 0 bridgehead atoms. The molecule has 1 rings (SSSR count). The lowest BCUT2D eigenvalue weighted by atomic mass is 10.2. The van der Waals surface area contributed by atoms with E-state index in [2.05, 4.69) is 9.37 Å². The SMILES string of the molecule is CCOC(=O)C(C=Nc1cc(C)ns1)=C(C)O. The Labute approximate surface area is 104 Å². The third-order valence-electron chi connectivity index (χ3n) is 1.82. The van der Waals surface area contributed by atoms with Gasteiger partial charge in [-0.2, -0.15) is 4.37 Å². The zero-order valence-electron chi connectivity index (χ0n) is 9.93. The molecule has 0 aliphatic carbocycles.